The van der Waals surface area contributed by atoms with Crippen molar-refractivity contribution in [3.63, 3.8) is 0 Å². The second kappa shape index (κ2) is 6.20. The fourth-order valence-electron chi connectivity index (χ4n) is 1.71. The summed E-state index contributed by atoms with van der Waals surface area (Å²) in [5, 5.41) is 0. The van der Waals surface area contributed by atoms with Crippen LogP contribution >= 0.6 is 0 Å². The zero-order valence-electron chi connectivity index (χ0n) is 11.4. The second-order valence-electron chi connectivity index (χ2n) is 4.48. The summed E-state index contributed by atoms with van der Waals surface area (Å²) in [5.74, 6) is -2.00. The van der Waals surface area contributed by atoms with Gasteiger partial charge in [0, 0.05) is 5.56 Å². The highest BCUT2D eigenvalue weighted by Crippen LogP contribution is 2.15. The predicted molar refractivity (Wildman–Crippen MR) is 75.3 cm³/mol. The van der Waals surface area contributed by atoms with Gasteiger partial charge in [-0.1, -0.05) is 6.07 Å². The average Bonchev–Trinajstić information content (AvgIpc) is 2.48. The number of halogens is 2. The fourth-order valence-corrected chi connectivity index (χ4v) is 2.80. The van der Waals surface area contributed by atoms with Crippen molar-refractivity contribution in [2.75, 3.05) is 0 Å². The SMILES string of the molecule is Cc1ccc(F)cc1S(=O)(=O)NNC(=O)c1ccc(F)cc1. The van der Waals surface area contributed by atoms with Crippen molar-refractivity contribution >= 4 is 15.9 Å². The number of benzene rings is 2. The summed E-state index contributed by atoms with van der Waals surface area (Å²) in [6.45, 7) is 1.50. The number of carbonyl (C=O) groups is 1. The Morgan fingerprint density at radius 2 is 1.59 bits per heavy atom. The van der Waals surface area contributed by atoms with Gasteiger partial charge in [-0.3, -0.25) is 10.2 Å². The molecule has 0 spiro atoms. The number of carbonyl (C=O) groups excluding carboxylic acids is 1. The van der Waals surface area contributed by atoms with Gasteiger partial charge in [0.2, 0.25) is 0 Å². The van der Waals surface area contributed by atoms with Crippen LogP contribution in [-0.2, 0) is 10.0 Å². The first kappa shape index (κ1) is 16.1. The summed E-state index contributed by atoms with van der Waals surface area (Å²) in [6.07, 6.45) is 0. The minimum atomic E-state index is -4.12. The Hall–Kier alpha value is -2.32. The van der Waals surface area contributed by atoms with E-state index in [9.17, 15) is 22.0 Å². The molecule has 2 N–H and O–H groups in total. The number of aryl methyl sites for hydroxylation is 1. The fraction of sp³-hybridized carbons (Fsp3) is 0.0714. The van der Waals surface area contributed by atoms with E-state index in [1.807, 2.05) is 10.3 Å². The number of hydrogen-bond acceptors (Lipinski definition) is 3. The summed E-state index contributed by atoms with van der Waals surface area (Å²) in [7, 11) is -4.12. The topological polar surface area (TPSA) is 75.3 Å². The molecular formula is C14H12F2N2O3S. The van der Waals surface area contributed by atoms with Crippen LogP contribution < -0.4 is 10.3 Å². The molecule has 0 aliphatic rings. The van der Waals surface area contributed by atoms with Gasteiger partial charge in [-0.25, -0.2) is 17.2 Å². The van der Waals surface area contributed by atoms with Crippen molar-refractivity contribution in [2.45, 2.75) is 11.8 Å². The van der Waals surface area contributed by atoms with E-state index in [0.29, 0.717) is 5.56 Å². The van der Waals surface area contributed by atoms with Gasteiger partial charge < -0.3 is 0 Å². The molecule has 116 valence electrons. The Morgan fingerprint density at radius 3 is 2.23 bits per heavy atom. The van der Waals surface area contributed by atoms with Gasteiger partial charge in [-0.2, -0.15) is 0 Å². The predicted octanol–water partition coefficient (Wildman–Crippen LogP) is 1.90. The maximum Gasteiger partial charge on any atom is 0.266 e. The molecule has 0 bridgehead atoms. The van der Waals surface area contributed by atoms with E-state index in [0.717, 1.165) is 24.3 Å². The van der Waals surface area contributed by atoms with E-state index in [4.69, 9.17) is 0 Å². The Morgan fingerprint density at radius 1 is 1.00 bits per heavy atom. The number of amides is 1. The molecule has 0 radical (unpaired) electrons. The van der Waals surface area contributed by atoms with Crippen LogP contribution in [0.2, 0.25) is 0 Å². The van der Waals surface area contributed by atoms with Gasteiger partial charge in [0.15, 0.2) is 0 Å². The summed E-state index contributed by atoms with van der Waals surface area (Å²) in [4.78, 5) is 13.3. The van der Waals surface area contributed by atoms with Crippen molar-refractivity contribution in [3.05, 3.63) is 65.2 Å². The van der Waals surface area contributed by atoms with Crippen LogP contribution in [0.25, 0.3) is 0 Å². The van der Waals surface area contributed by atoms with Crippen LogP contribution in [0.5, 0.6) is 0 Å². The first-order valence-corrected chi connectivity index (χ1v) is 7.62. The third kappa shape index (κ3) is 3.66. The van der Waals surface area contributed by atoms with Crippen LogP contribution in [0.1, 0.15) is 15.9 Å². The van der Waals surface area contributed by atoms with Crippen molar-refractivity contribution < 1.29 is 22.0 Å². The van der Waals surface area contributed by atoms with Crippen LogP contribution in [0.15, 0.2) is 47.4 Å². The number of hydrogen-bond donors (Lipinski definition) is 2. The molecule has 0 fully saturated rings. The first-order chi connectivity index (χ1) is 10.3. The largest absolute Gasteiger partial charge is 0.273 e. The van der Waals surface area contributed by atoms with Crippen molar-refractivity contribution in [3.8, 4) is 0 Å². The lowest BCUT2D eigenvalue weighted by Crippen LogP contribution is -2.41. The molecule has 0 unspecified atom stereocenters. The van der Waals surface area contributed by atoms with Crippen LogP contribution in [0.3, 0.4) is 0 Å². The molecule has 8 heteroatoms. The zero-order valence-corrected chi connectivity index (χ0v) is 12.2. The molecule has 0 heterocycles. The molecule has 0 aliphatic carbocycles. The molecule has 0 atom stereocenters. The Bertz CT molecular complexity index is 805. The molecule has 2 aromatic rings. The van der Waals surface area contributed by atoms with E-state index >= 15 is 0 Å². The van der Waals surface area contributed by atoms with Gasteiger partial charge >= 0.3 is 0 Å². The molecule has 22 heavy (non-hydrogen) atoms. The first-order valence-electron chi connectivity index (χ1n) is 6.13. The molecule has 0 aromatic heterocycles. The highest BCUT2D eigenvalue weighted by Gasteiger charge is 2.18. The van der Waals surface area contributed by atoms with Crippen LogP contribution in [0, 0.1) is 18.6 Å². The molecule has 5 nitrogen and oxygen atoms in total. The van der Waals surface area contributed by atoms with Gasteiger partial charge in [0.25, 0.3) is 15.9 Å². The van der Waals surface area contributed by atoms with Gasteiger partial charge in [0.05, 0.1) is 4.90 Å². The standard InChI is InChI=1S/C14H12F2N2O3S/c1-9-2-5-12(16)8-13(9)22(20,21)18-17-14(19)10-3-6-11(15)7-4-10/h2-8,18H,1H3,(H,17,19). The molecule has 1 amide bonds. The summed E-state index contributed by atoms with van der Waals surface area (Å²) < 4.78 is 50.0. The lowest BCUT2D eigenvalue weighted by Gasteiger charge is -2.10. The lowest BCUT2D eigenvalue weighted by atomic mass is 10.2. The molecular weight excluding hydrogens is 314 g/mol. The zero-order chi connectivity index (χ0) is 16.3. The van der Waals surface area contributed by atoms with Gasteiger partial charge in [-0.15, -0.1) is 4.83 Å². The lowest BCUT2D eigenvalue weighted by molar-refractivity contribution is 0.0945. The maximum absolute atomic E-state index is 13.2. The number of hydrazine groups is 1. The van der Waals surface area contributed by atoms with E-state index in [2.05, 4.69) is 0 Å². The highest BCUT2D eigenvalue weighted by atomic mass is 32.2. The summed E-state index contributed by atoms with van der Waals surface area (Å²) in [5.41, 5.74) is 2.38. The Balaban J connectivity index is 2.14. The van der Waals surface area contributed by atoms with E-state index < -0.39 is 27.6 Å². The van der Waals surface area contributed by atoms with E-state index in [1.54, 1.807) is 0 Å². The number of nitrogens with one attached hydrogen (secondary N) is 2. The minimum absolute atomic E-state index is 0.0695. The molecule has 0 saturated carbocycles. The quantitative estimate of drug-likeness (QED) is 0.843. The molecule has 0 saturated heterocycles. The average molecular weight is 326 g/mol. The Labute approximate surface area is 126 Å². The summed E-state index contributed by atoms with van der Waals surface area (Å²) in [6, 6.07) is 7.83. The van der Waals surface area contributed by atoms with Crippen LogP contribution in [-0.4, -0.2) is 14.3 Å². The molecule has 2 rings (SSSR count). The molecule has 2 aromatic carbocycles. The second-order valence-corrected chi connectivity index (χ2v) is 6.13. The monoisotopic (exact) mass is 326 g/mol. The van der Waals surface area contributed by atoms with Crippen molar-refractivity contribution in [1.29, 1.82) is 0 Å². The van der Waals surface area contributed by atoms with E-state index in [-0.39, 0.29) is 10.5 Å². The number of sulfonamides is 1. The van der Waals surface area contributed by atoms with Gasteiger partial charge in [-0.05, 0) is 48.9 Å². The minimum Gasteiger partial charge on any atom is -0.273 e. The van der Waals surface area contributed by atoms with Crippen molar-refractivity contribution in [1.82, 2.24) is 10.3 Å². The number of rotatable bonds is 4. The van der Waals surface area contributed by atoms with Crippen molar-refractivity contribution in [2.24, 2.45) is 0 Å². The summed E-state index contributed by atoms with van der Waals surface area (Å²) >= 11 is 0. The third-order valence-corrected chi connectivity index (χ3v) is 4.23. The highest BCUT2D eigenvalue weighted by molar-refractivity contribution is 7.89. The Kier molecular flexibility index (Phi) is 4.53. The van der Waals surface area contributed by atoms with E-state index in [1.165, 1.54) is 25.1 Å². The molecule has 0 aliphatic heterocycles. The smallest absolute Gasteiger partial charge is 0.266 e. The third-order valence-electron chi connectivity index (χ3n) is 2.85. The maximum atomic E-state index is 13.2. The van der Waals surface area contributed by atoms with Crippen LogP contribution in [0.4, 0.5) is 8.78 Å². The van der Waals surface area contributed by atoms with Gasteiger partial charge in [0.1, 0.15) is 11.6 Å². The normalized spacial score (nSPS) is 11.2.